The Morgan fingerprint density at radius 1 is 1.19 bits per heavy atom. The minimum absolute atomic E-state index is 0.141. The van der Waals surface area contributed by atoms with Gasteiger partial charge in [0.15, 0.2) is 0 Å². The summed E-state index contributed by atoms with van der Waals surface area (Å²) in [6.07, 6.45) is 0. The van der Waals surface area contributed by atoms with Crippen LogP contribution >= 0.6 is 11.6 Å². The summed E-state index contributed by atoms with van der Waals surface area (Å²) in [5.41, 5.74) is 1.17. The van der Waals surface area contributed by atoms with Crippen LogP contribution in [0.4, 0.5) is 10.1 Å². The number of benzene rings is 2. The number of hydrogen-bond acceptors (Lipinski definition) is 3. The summed E-state index contributed by atoms with van der Waals surface area (Å²) in [6.45, 7) is 0.488. The van der Waals surface area contributed by atoms with Gasteiger partial charge in [0.25, 0.3) is 10.0 Å². The van der Waals surface area contributed by atoms with Gasteiger partial charge < -0.3 is 5.32 Å². The summed E-state index contributed by atoms with van der Waals surface area (Å²) in [4.78, 5) is -0.439. The van der Waals surface area contributed by atoms with Crippen LogP contribution in [-0.4, -0.2) is 15.5 Å². The van der Waals surface area contributed by atoms with Gasteiger partial charge in [-0.2, -0.15) is 0 Å². The SMILES string of the molecule is CNCc1ccccc1NS(=O)(=O)c1ccc(Cl)cc1F. The maximum atomic E-state index is 13.8. The van der Waals surface area contributed by atoms with E-state index in [1.807, 2.05) is 0 Å². The first-order valence-corrected chi connectivity index (χ1v) is 8.00. The van der Waals surface area contributed by atoms with E-state index in [-0.39, 0.29) is 5.02 Å². The molecular formula is C14H14ClFN2O2S. The smallest absolute Gasteiger partial charge is 0.264 e. The third kappa shape index (κ3) is 3.72. The second-order valence-corrected chi connectivity index (χ2v) is 6.45. The van der Waals surface area contributed by atoms with Crippen LogP contribution in [0.2, 0.25) is 5.02 Å². The fourth-order valence-corrected chi connectivity index (χ4v) is 3.18. The Kier molecular flexibility index (Phi) is 4.82. The van der Waals surface area contributed by atoms with E-state index in [0.717, 1.165) is 17.7 Å². The van der Waals surface area contributed by atoms with Crippen LogP contribution in [0.1, 0.15) is 5.56 Å². The Labute approximate surface area is 128 Å². The van der Waals surface area contributed by atoms with Gasteiger partial charge in [-0.05, 0) is 36.9 Å². The second-order valence-electron chi connectivity index (χ2n) is 4.37. The number of rotatable bonds is 5. The number of para-hydroxylation sites is 1. The molecule has 0 saturated heterocycles. The molecule has 0 aromatic heterocycles. The van der Waals surface area contributed by atoms with E-state index in [2.05, 4.69) is 10.0 Å². The van der Waals surface area contributed by atoms with Crippen LogP contribution in [-0.2, 0) is 16.6 Å². The standard InChI is InChI=1S/C14H14ClFN2O2S/c1-17-9-10-4-2-3-5-13(10)18-21(19,20)14-7-6-11(15)8-12(14)16/h2-8,17-18H,9H2,1H3. The molecule has 0 aliphatic heterocycles. The van der Waals surface area contributed by atoms with E-state index >= 15 is 0 Å². The third-order valence-corrected chi connectivity index (χ3v) is 4.45. The molecule has 21 heavy (non-hydrogen) atoms. The van der Waals surface area contributed by atoms with Gasteiger partial charge in [-0.15, -0.1) is 0 Å². The molecule has 4 nitrogen and oxygen atoms in total. The summed E-state index contributed by atoms with van der Waals surface area (Å²) in [7, 11) is -2.26. The fraction of sp³-hybridized carbons (Fsp3) is 0.143. The molecule has 0 heterocycles. The van der Waals surface area contributed by atoms with Crippen LogP contribution < -0.4 is 10.0 Å². The molecule has 112 valence electrons. The van der Waals surface area contributed by atoms with E-state index < -0.39 is 20.7 Å². The average Bonchev–Trinajstić information content (AvgIpc) is 2.40. The lowest BCUT2D eigenvalue weighted by Crippen LogP contribution is -2.17. The molecule has 2 aromatic carbocycles. The van der Waals surface area contributed by atoms with E-state index in [9.17, 15) is 12.8 Å². The van der Waals surface area contributed by atoms with Gasteiger partial charge in [0.1, 0.15) is 10.7 Å². The number of halogens is 2. The third-order valence-electron chi connectivity index (χ3n) is 2.81. The predicted molar refractivity (Wildman–Crippen MR) is 81.4 cm³/mol. The van der Waals surface area contributed by atoms with Gasteiger partial charge in [0, 0.05) is 11.6 Å². The molecule has 2 aromatic rings. The molecule has 0 aliphatic carbocycles. The molecule has 0 spiro atoms. The first-order valence-electron chi connectivity index (χ1n) is 6.14. The van der Waals surface area contributed by atoms with Crippen molar-refractivity contribution in [3.8, 4) is 0 Å². The number of sulfonamides is 1. The van der Waals surface area contributed by atoms with Crippen LogP contribution in [0, 0.1) is 5.82 Å². The largest absolute Gasteiger partial charge is 0.316 e. The molecule has 0 unspecified atom stereocenters. The van der Waals surface area contributed by atoms with Crippen molar-refractivity contribution in [1.82, 2.24) is 5.32 Å². The lowest BCUT2D eigenvalue weighted by atomic mass is 10.2. The van der Waals surface area contributed by atoms with Gasteiger partial charge in [0.05, 0.1) is 5.69 Å². The van der Waals surface area contributed by atoms with Crippen molar-refractivity contribution in [2.24, 2.45) is 0 Å². The maximum Gasteiger partial charge on any atom is 0.264 e. The summed E-state index contributed by atoms with van der Waals surface area (Å²) in [5.74, 6) is -0.888. The van der Waals surface area contributed by atoms with Crippen LogP contribution in [0.5, 0.6) is 0 Å². The molecule has 2 N–H and O–H groups in total. The van der Waals surface area contributed by atoms with Crippen molar-refractivity contribution in [2.75, 3.05) is 11.8 Å². The van der Waals surface area contributed by atoms with Gasteiger partial charge in [-0.25, -0.2) is 12.8 Å². The van der Waals surface area contributed by atoms with Gasteiger partial charge >= 0.3 is 0 Å². The highest BCUT2D eigenvalue weighted by molar-refractivity contribution is 7.92. The maximum absolute atomic E-state index is 13.8. The molecule has 0 bridgehead atoms. The summed E-state index contributed by atoms with van der Waals surface area (Å²) in [6, 6.07) is 10.3. The zero-order valence-corrected chi connectivity index (χ0v) is 12.8. The molecule has 0 radical (unpaired) electrons. The molecule has 0 amide bonds. The molecule has 0 atom stereocenters. The Bertz CT molecular complexity index is 750. The highest BCUT2D eigenvalue weighted by Gasteiger charge is 2.20. The molecule has 0 fully saturated rings. The molecular weight excluding hydrogens is 315 g/mol. The Balaban J connectivity index is 2.38. The van der Waals surface area contributed by atoms with E-state index in [0.29, 0.717) is 12.2 Å². The van der Waals surface area contributed by atoms with Crippen LogP contribution in [0.3, 0.4) is 0 Å². The Morgan fingerprint density at radius 2 is 1.90 bits per heavy atom. The minimum Gasteiger partial charge on any atom is -0.316 e. The van der Waals surface area contributed by atoms with E-state index in [4.69, 9.17) is 11.6 Å². The molecule has 0 saturated carbocycles. The summed E-state index contributed by atoms with van der Waals surface area (Å²) < 4.78 is 40.7. The fourth-order valence-electron chi connectivity index (χ4n) is 1.86. The Morgan fingerprint density at radius 3 is 2.57 bits per heavy atom. The normalized spacial score (nSPS) is 11.4. The number of anilines is 1. The van der Waals surface area contributed by atoms with Gasteiger partial charge in [-0.3, -0.25) is 4.72 Å². The number of nitrogens with one attached hydrogen (secondary N) is 2. The molecule has 2 rings (SSSR count). The van der Waals surface area contributed by atoms with Crippen LogP contribution in [0.25, 0.3) is 0 Å². The number of hydrogen-bond donors (Lipinski definition) is 2. The topological polar surface area (TPSA) is 58.2 Å². The lowest BCUT2D eigenvalue weighted by Gasteiger charge is -2.13. The highest BCUT2D eigenvalue weighted by Crippen LogP contribution is 2.23. The first-order chi connectivity index (χ1) is 9.94. The molecule has 7 heteroatoms. The van der Waals surface area contributed by atoms with Crippen LogP contribution in [0.15, 0.2) is 47.4 Å². The van der Waals surface area contributed by atoms with Crippen molar-refractivity contribution in [3.63, 3.8) is 0 Å². The summed E-state index contributed by atoms with van der Waals surface area (Å²) >= 11 is 5.63. The van der Waals surface area contributed by atoms with Crippen molar-refractivity contribution in [3.05, 3.63) is 58.9 Å². The van der Waals surface area contributed by atoms with Gasteiger partial charge in [-0.1, -0.05) is 29.8 Å². The van der Waals surface area contributed by atoms with E-state index in [1.165, 1.54) is 6.07 Å². The zero-order valence-electron chi connectivity index (χ0n) is 11.2. The van der Waals surface area contributed by atoms with Gasteiger partial charge in [0.2, 0.25) is 0 Å². The van der Waals surface area contributed by atoms with Crippen molar-refractivity contribution >= 4 is 27.3 Å². The van der Waals surface area contributed by atoms with E-state index in [1.54, 1.807) is 31.3 Å². The monoisotopic (exact) mass is 328 g/mol. The van der Waals surface area contributed by atoms with Crippen molar-refractivity contribution in [2.45, 2.75) is 11.4 Å². The highest BCUT2D eigenvalue weighted by atomic mass is 35.5. The average molecular weight is 329 g/mol. The quantitative estimate of drug-likeness (QED) is 0.887. The van der Waals surface area contributed by atoms with Crippen molar-refractivity contribution < 1.29 is 12.8 Å². The minimum atomic E-state index is -4.01. The second kappa shape index (κ2) is 6.43. The zero-order chi connectivity index (χ0) is 15.5. The lowest BCUT2D eigenvalue weighted by molar-refractivity contribution is 0.570. The first kappa shape index (κ1) is 15.8. The summed E-state index contributed by atoms with van der Waals surface area (Å²) in [5, 5.41) is 3.08. The Hall–Kier alpha value is -1.63. The molecule has 0 aliphatic rings. The predicted octanol–water partition coefficient (Wildman–Crippen LogP) is 3.00. The van der Waals surface area contributed by atoms with Crippen molar-refractivity contribution in [1.29, 1.82) is 0 Å².